The maximum atomic E-state index is 12.1. The molecule has 0 aliphatic carbocycles. The normalized spacial score (nSPS) is 10.9. The lowest BCUT2D eigenvalue weighted by Gasteiger charge is -2.30. The minimum Gasteiger partial charge on any atom is -0.394 e. The maximum absolute atomic E-state index is 12.1. The summed E-state index contributed by atoms with van der Waals surface area (Å²) in [7, 11) is 4.26. The molecule has 0 aliphatic rings. The molecule has 26 heteroatoms. The topological polar surface area (TPSA) is 318 Å². The second-order valence-corrected chi connectivity index (χ2v) is 37.3. The van der Waals surface area contributed by atoms with Crippen LogP contribution >= 0.6 is 0 Å². The molecule has 0 aromatic heterocycles. The molecule has 0 bridgehead atoms. The Morgan fingerprint density at radius 1 is 0.297 bits per heavy atom. The molecule has 26 nitrogen and oxygen atoms in total. The quantitative estimate of drug-likeness (QED) is 0.0220. The summed E-state index contributed by atoms with van der Waals surface area (Å²) in [5, 5.41) is 31.6. The molecule has 0 spiro atoms. The van der Waals surface area contributed by atoms with Crippen LogP contribution in [0.25, 0.3) is 0 Å². The molecular weight excluding hydrogens is 1740 g/mol. The highest BCUT2D eigenvalue weighted by molar-refractivity contribution is 5.80. The van der Waals surface area contributed by atoms with Crippen molar-refractivity contribution in [3.05, 3.63) is 12.2 Å². The van der Waals surface area contributed by atoms with Crippen molar-refractivity contribution in [1.29, 1.82) is 0 Å². The van der Waals surface area contributed by atoms with Crippen LogP contribution in [0.4, 0.5) is 0 Å². The Labute approximate surface area is 851 Å². The third-order valence-corrected chi connectivity index (χ3v) is 22.4. The number of unbranched alkanes of at least 4 members (excludes halogenated alkanes) is 13. The zero-order chi connectivity index (χ0) is 106. The largest absolute Gasteiger partial charge is 0.394 e. The lowest BCUT2D eigenvalue weighted by atomic mass is 10.1. The second-order valence-electron chi connectivity index (χ2n) is 37.3. The number of rotatable bonds is 84. The van der Waals surface area contributed by atoms with Crippen molar-refractivity contribution in [3.63, 3.8) is 0 Å². The molecule has 0 rings (SSSR count). The highest BCUT2D eigenvalue weighted by Gasteiger charge is 2.16. The van der Waals surface area contributed by atoms with E-state index in [1.54, 1.807) is 6.92 Å². The van der Waals surface area contributed by atoms with Crippen LogP contribution in [-0.2, 0) is 62.2 Å². The van der Waals surface area contributed by atoms with E-state index in [9.17, 15) is 47.9 Å². The van der Waals surface area contributed by atoms with Crippen molar-refractivity contribution in [2.75, 3.05) is 178 Å². The second kappa shape index (κ2) is 122. The van der Waals surface area contributed by atoms with Crippen LogP contribution in [0.3, 0.4) is 0 Å². The average molecular weight is 1970 g/mol. The molecule has 1 unspecified atom stereocenters. The van der Waals surface area contributed by atoms with E-state index in [2.05, 4.69) is 189 Å². The van der Waals surface area contributed by atoms with E-state index < -0.39 is 0 Å². The van der Waals surface area contributed by atoms with Crippen LogP contribution in [-0.4, -0.2) is 295 Å². The SMILES string of the molecule is C=C(CCC)CCCN(CCNC(=O)CCC)C(=O)CCC.CCCC(=O)CCCCN(C)CCCCC(=O)CCC.CCCC(=O)NCCN(C(C)C)C(C)C.CCCCC(=O)CCCCN(C)CCCCC(=O)CCCC.CCCCC(=O)NCCN(CC)CC.CCCCCCOCCOCCO.CCCCCOCC(C)O.CCCCNC(=O)CC.CCN(CC)CCNC(=O)C(C)C. The Hall–Kier alpha value is -5.16. The van der Waals surface area contributed by atoms with Gasteiger partial charge in [0, 0.05) is 180 Å². The van der Waals surface area contributed by atoms with E-state index in [1.165, 1.54) is 37.7 Å². The van der Waals surface area contributed by atoms with Gasteiger partial charge < -0.3 is 75.5 Å². The highest BCUT2D eigenvalue weighted by atomic mass is 16.5. The van der Waals surface area contributed by atoms with E-state index in [4.69, 9.17) is 24.4 Å². The third kappa shape index (κ3) is 129. The number of nitrogens with one attached hydrogen (secondary N) is 5. The number of nitrogens with zero attached hydrogens (tertiary/aromatic N) is 6. The summed E-state index contributed by atoms with van der Waals surface area (Å²) in [5.41, 5.74) is 1.27. The van der Waals surface area contributed by atoms with Gasteiger partial charge in [-0.1, -0.05) is 208 Å². The van der Waals surface area contributed by atoms with Crippen LogP contribution in [0, 0.1) is 5.92 Å². The van der Waals surface area contributed by atoms with Gasteiger partial charge in [-0.25, -0.2) is 0 Å². The lowest BCUT2D eigenvalue weighted by Crippen LogP contribution is -2.42. The summed E-state index contributed by atoms with van der Waals surface area (Å²) in [4.78, 5) is 127. The van der Waals surface area contributed by atoms with Crippen LogP contribution in [0.2, 0.25) is 0 Å². The predicted octanol–water partition coefficient (Wildman–Crippen LogP) is 21.7. The first-order valence-electron chi connectivity index (χ1n) is 56.0. The number of aliphatic hydroxyl groups excluding tert-OH is 2. The molecule has 1 atom stereocenters. The average Bonchev–Trinajstić information content (AvgIpc) is 0.933. The number of hydrogen-bond acceptors (Lipinski definition) is 20. The van der Waals surface area contributed by atoms with Crippen molar-refractivity contribution in [3.8, 4) is 0 Å². The van der Waals surface area contributed by atoms with E-state index in [1.807, 2.05) is 46.4 Å². The number of ether oxygens (including phenoxy) is 3. The van der Waals surface area contributed by atoms with Crippen molar-refractivity contribution in [2.45, 2.75) is 473 Å². The Bertz CT molecular complexity index is 2560. The maximum Gasteiger partial charge on any atom is 0.222 e. The number of allylic oxidation sites excluding steroid dienone is 1. The molecule has 0 radical (unpaired) electrons. The number of carbonyl (C=O) groups is 10. The number of Topliss-reactive ketones (excluding diaryl/α,β-unsaturated/α-hetero) is 4. The molecule has 0 aromatic carbocycles. The van der Waals surface area contributed by atoms with E-state index in [-0.39, 0.29) is 54.1 Å². The van der Waals surface area contributed by atoms with Gasteiger partial charge in [-0.05, 0) is 242 Å². The fraction of sp³-hybridized carbons (Fsp3) is 0.893. The molecule has 0 saturated carbocycles. The van der Waals surface area contributed by atoms with Crippen LogP contribution < -0.4 is 26.6 Å². The first-order valence-corrected chi connectivity index (χ1v) is 56.0. The van der Waals surface area contributed by atoms with Gasteiger partial charge in [-0.15, -0.1) is 0 Å². The monoisotopic (exact) mass is 1970 g/mol. The number of aliphatic hydroxyl groups is 2. The molecule has 0 aromatic rings. The summed E-state index contributed by atoms with van der Waals surface area (Å²) >= 11 is 0. The van der Waals surface area contributed by atoms with Gasteiger partial charge in [0.15, 0.2) is 0 Å². The molecule has 0 saturated heterocycles. The minimum absolute atomic E-state index is 0.0710. The molecule has 6 amide bonds. The number of ketones is 4. The minimum atomic E-state index is -0.318. The molecular formula is C112H231N11O15. The highest BCUT2D eigenvalue weighted by Crippen LogP contribution is 2.14. The molecule has 0 fully saturated rings. The van der Waals surface area contributed by atoms with E-state index >= 15 is 0 Å². The summed E-state index contributed by atoms with van der Waals surface area (Å²) < 4.78 is 15.5. The fourth-order valence-electron chi connectivity index (χ4n) is 13.6. The van der Waals surface area contributed by atoms with Gasteiger partial charge in [-0.2, -0.15) is 0 Å². The smallest absolute Gasteiger partial charge is 0.222 e. The van der Waals surface area contributed by atoms with E-state index in [0.29, 0.717) is 107 Å². The van der Waals surface area contributed by atoms with E-state index in [0.717, 1.165) is 343 Å². The molecule has 0 heterocycles. The third-order valence-electron chi connectivity index (χ3n) is 22.4. The Balaban J connectivity index is -0.000000196. The molecule has 138 heavy (non-hydrogen) atoms. The standard InChI is InChI=1S/C19H37NO2.C18H34N2O2.C17H33NO2.C12H26N2O.C11H24N2O.C10H22N2O.C10H22O3.C8H18O2.C7H15NO/c1-4-6-12-18(21)14-8-10-16-20(3)17-11-9-15-19(22)13-7-5-2;1-5-9-16(4)12-8-14-20(18(22)11-7-3)15-13-19-17(21)10-6-2;1-4-10-16(19)12-6-8-14-18(3)15-9-7-13-17(20)11-5-2;1-6-7-12(15)13-8-9-14(10(2)3)11(4)5;1-4-7-8-11(14)12-9-10-13(5-2)6-3;1-5-12(6-2)8-7-11-10(13)9(3)4;1-2-3-4-5-7-12-9-10-13-8-6-11;1-3-4-5-6-10-7-8(2)9;1-3-5-6-8-7(9)4-2/h4-17H2,1-3H3;4-15H2,1-3H3,(H,19,21);4-15H2,1-3H3;10-11H,6-9H2,1-5H3,(H,13,15);4-10H2,1-3H3,(H,12,14);9H,5-8H2,1-4H3,(H,11,13);11H,2-10H2,1H3;8-9H,3-7H2,1-2H3;3-6H2,1-2H3,(H,8,9). The van der Waals surface area contributed by atoms with Gasteiger partial charge in [0.05, 0.1) is 39.1 Å². The Morgan fingerprint density at radius 2 is 0.645 bits per heavy atom. The first-order chi connectivity index (χ1) is 66.1. The summed E-state index contributed by atoms with van der Waals surface area (Å²) in [6.45, 7) is 74.1. The van der Waals surface area contributed by atoms with Gasteiger partial charge in [0.1, 0.15) is 23.1 Å². The van der Waals surface area contributed by atoms with Gasteiger partial charge >= 0.3 is 0 Å². The molecule has 7 N–H and O–H groups in total. The summed E-state index contributed by atoms with van der Waals surface area (Å²) in [5.74, 6) is 2.69. The molecule has 824 valence electrons. The summed E-state index contributed by atoms with van der Waals surface area (Å²) in [6, 6.07) is 1.07. The van der Waals surface area contributed by atoms with Crippen LogP contribution in [0.5, 0.6) is 0 Å². The van der Waals surface area contributed by atoms with Crippen LogP contribution in [0.15, 0.2) is 12.2 Å². The fourth-order valence-corrected chi connectivity index (χ4v) is 13.6. The van der Waals surface area contributed by atoms with Crippen molar-refractivity contribution < 1.29 is 72.4 Å². The van der Waals surface area contributed by atoms with Crippen molar-refractivity contribution in [2.24, 2.45) is 5.92 Å². The predicted molar refractivity (Wildman–Crippen MR) is 586 cm³/mol. The van der Waals surface area contributed by atoms with Crippen molar-refractivity contribution >= 4 is 58.6 Å². The zero-order valence-corrected chi connectivity index (χ0v) is 95.4. The van der Waals surface area contributed by atoms with Gasteiger partial charge in [0.25, 0.3) is 0 Å². The van der Waals surface area contributed by atoms with Crippen molar-refractivity contribution in [1.82, 2.24) is 56.0 Å². The molecule has 0 aliphatic heterocycles. The Kier molecular flexibility index (Phi) is 133. The van der Waals surface area contributed by atoms with Crippen LogP contribution in [0.1, 0.15) is 455 Å². The first kappa shape index (κ1) is 151. The number of hydrogen-bond donors (Lipinski definition) is 7. The number of carbonyl (C=O) groups excluding carboxylic acids is 10. The zero-order valence-electron chi connectivity index (χ0n) is 95.4. The number of amides is 6. The Morgan fingerprint density at radius 3 is 1.02 bits per heavy atom. The summed E-state index contributed by atoms with van der Waals surface area (Å²) in [6.07, 6.45) is 43.0. The van der Waals surface area contributed by atoms with Gasteiger partial charge in [-0.3, -0.25) is 52.8 Å². The van der Waals surface area contributed by atoms with Gasteiger partial charge in [0.2, 0.25) is 35.4 Å². The number of likely N-dealkylation sites (N-methyl/N-ethyl adjacent to an activating group) is 2. The lowest BCUT2D eigenvalue weighted by molar-refractivity contribution is -0.132.